The predicted octanol–water partition coefficient (Wildman–Crippen LogP) is 4.73. The zero-order valence-corrected chi connectivity index (χ0v) is 14.8. The van der Waals surface area contributed by atoms with E-state index in [4.69, 9.17) is 4.74 Å². The number of methoxy groups -OCH3 is 1. The molecule has 1 atom stereocenters. The number of hydrogen-bond acceptors (Lipinski definition) is 3. The minimum atomic E-state index is -0.977. The van der Waals surface area contributed by atoms with E-state index in [1.54, 1.807) is 7.11 Å². The molecule has 0 fully saturated rings. The van der Waals surface area contributed by atoms with Crippen molar-refractivity contribution in [3.63, 3.8) is 0 Å². The van der Waals surface area contributed by atoms with Crippen LogP contribution in [0, 0.1) is 0 Å². The maximum absolute atomic E-state index is 13.7. The Balaban J connectivity index is 1.83. The van der Waals surface area contributed by atoms with E-state index in [9.17, 15) is 4.79 Å². The number of H-pyrrole nitrogens is 1. The highest BCUT2D eigenvalue weighted by molar-refractivity contribution is 6.17. The smallest absolute Gasteiger partial charge is 0.199 e. The van der Waals surface area contributed by atoms with Crippen LogP contribution in [-0.2, 0) is 5.54 Å². The van der Waals surface area contributed by atoms with Crippen LogP contribution in [0.15, 0.2) is 79.0 Å². The third kappa shape index (κ3) is 2.13. The molecule has 2 N–H and O–H groups in total. The molecule has 4 aromatic rings. The molecule has 3 aromatic carbocycles. The Bertz CT molecular complexity index is 1160. The van der Waals surface area contributed by atoms with Crippen molar-refractivity contribution in [3.05, 3.63) is 95.7 Å². The number of anilines is 1. The summed E-state index contributed by atoms with van der Waals surface area (Å²) in [5.74, 6) is 0.808. The van der Waals surface area contributed by atoms with Gasteiger partial charge in [0.25, 0.3) is 0 Å². The Morgan fingerprint density at radius 3 is 2.48 bits per heavy atom. The monoisotopic (exact) mass is 354 g/mol. The van der Waals surface area contributed by atoms with Gasteiger partial charge in [-0.1, -0.05) is 42.5 Å². The van der Waals surface area contributed by atoms with Gasteiger partial charge in [0.2, 0.25) is 0 Å². The van der Waals surface area contributed by atoms with E-state index in [2.05, 4.69) is 10.3 Å². The van der Waals surface area contributed by atoms with Crippen LogP contribution in [0.25, 0.3) is 10.9 Å². The first kappa shape index (κ1) is 15.7. The number of nitrogens with one attached hydrogen (secondary N) is 2. The number of carbonyl (C=O) groups is 1. The van der Waals surface area contributed by atoms with Crippen LogP contribution >= 0.6 is 0 Å². The van der Waals surface area contributed by atoms with Crippen LogP contribution in [0.5, 0.6) is 5.75 Å². The summed E-state index contributed by atoms with van der Waals surface area (Å²) in [5.41, 5.74) is 3.35. The largest absolute Gasteiger partial charge is 0.497 e. The first-order valence-corrected chi connectivity index (χ1v) is 8.87. The van der Waals surface area contributed by atoms with Gasteiger partial charge in [-0.2, -0.15) is 0 Å². The molecule has 132 valence electrons. The lowest BCUT2D eigenvalue weighted by Crippen LogP contribution is -2.39. The van der Waals surface area contributed by atoms with Crippen molar-refractivity contribution in [1.29, 1.82) is 0 Å². The first-order valence-electron chi connectivity index (χ1n) is 8.87. The van der Waals surface area contributed by atoms with Gasteiger partial charge < -0.3 is 15.0 Å². The number of Topliss-reactive ketones (excluding diaryl/α,β-unsaturated/α-hetero) is 1. The summed E-state index contributed by atoms with van der Waals surface area (Å²) in [6.45, 7) is 0. The Labute approximate surface area is 156 Å². The lowest BCUT2D eigenvalue weighted by Gasteiger charge is -2.29. The average molecular weight is 354 g/mol. The molecule has 0 saturated carbocycles. The van der Waals surface area contributed by atoms with Gasteiger partial charge in [0, 0.05) is 33.9 Å². The van der Waals surface area contributed by atoms with Gasteiger partial charge >= 0.3 is 0 Å². The average Bonchev–Trinajstić information content (AvgIpc) is 3.28. The molecule has 1 unspecified atom stereocenters. The maximum atomic E-state index is 13.7. The van der Waals surface area contributed by atoms with Gasteiger partial charge in [-0.15, -0.1) is 0 Å². The summed E-state index contributed by atoms with van der Waals surface area (Å²) in [5, 5.41) is 4.50. The van der Waals surface area contributed by atoms with Crippen LogP contribution in [0.2, 0.25) is 0 Å². The van der Waals surface area contributed by atoms with Gasteiger partial charge in [0.05, 0.1) is 7.11 Å². The number of rotatable bonds is 3. The van der Waals surface area contributed by atoms with Gasteiger partial charge in [-0.05, 0) is 35.9 Å². The molecule has 1 aliphatic heterocycles. The molecule has 27 heavy (non-hydrogen) atoms. The summed E-state index contributed by atoms with van der Waals surface area (Å²) >= 11 is 0. The summed E-state index contributed by atoms with van der Waals surface area (Å²) in [6, 6.07) is 23.4. The van der Waals surface area contributed by atoms with E-state index in [0.29, 0.717) is 5.56 Å². The first-order chi connectivity index (χ1) is 13.2. The van der Waals surface area contributed by atoms with Crippen molar-refractivity contribution in [2.45, 2.75) is 5.54 Å². The molecule has 1 aromatic heterocycles. The third-order valence-electron chi connectivity index (χ3n) is 5.33. The van der Waals surface area contributed by atoms with E-state index < -0.39 is 5.54 Å². The Kier molecular flexibility index (Phi) is 3.34. The molecule has 0 bridgehead atoms. The highest BCUT2D eigenvalue weighted by atomic mass is 16.5. The van der Waals surface area contributed by atoms with Crippen LogP contribution in [0.3, 0.4) is 0 Å². The fourth-order valence-corrected chi connectivity index (χ4v) is 4.02. The number of ether oxygens (including phenoxy) is 1. The lowest BCUT2D eigenvalue weighted by molar-refractivity contribution is 0.0941. The molecule has 0 spiro atoms. The summed E-state index contributed by atoms with van der Waals surface area (Å²) in [4.78, 5) is 17.0. The SMILES string of the molecule is COc1ccc2[nH]cc(C3(c4ccccc4)Nc4ccccc4C3=O)c2c1. The van der Waals surface area contributed by atoms with Gasteiger partial charge in [0.15, 0.2) is 11.3 Å². The Morgan fingerprint density at radius 1 is 0.926 bits per heavy atom. The van der Waals surface area contributed by atoms with Crippen molar-refractivity contribution >= 4 is 22.4 Å². The minimum absolute atomic E-state index is 0.0491. The number of ketones is 1. The van der Waals surface area contributed by atoms with Crippen molar-refractivity contribution in [3.8, 4) is 5.75 Å². The standard InChI is InChI=1S/C23H18N2O2/c1-27-16-11-12-20-18(13-16)19(14-24-20)23(15-7-3-2-4-8-15)22(26)17-9-5-6-10-21(17)25-23/h2-14,24-25H,1H3. The quantitative estimate of drug-likeness (QED) is 0.559. The molecule has 0 aliphatic carbocycles. The molecule has 4 nitrogen and oxygen atoms in total. The van der Waals surface area contributed by atoms with Gasteiger partial charge in [-0.3, -0.25) is 4.79 Å². The van der Waals surface area contributed by atoms with Crippen molar-refractivity contribution in [1.82, 2.24) is 4.98 Å². The second-order valence-electron chi connectivity index (χ2n) is 6.73. The van der Waals surface area contributed by atoms with Gasteiger partial charge in [-0.25, -0.2) is 0 Å². The summed E-state index contributed by atoms with van der Waals surface area (Å²) in [6.07, 6.45) is 1.92. The molecule has 5 rings (SSSR count). The van der Waals surface area contributed by atoms with Crippen LogP contribution < -0.4 is 10.1 Å². The fraction of sp³-hybridized carbons (Fsp3) is 0.0870. The van der Waals surface area contributed by atoms with Crippen molar-refractivity contribution in [2.24, 2.45) is 0 Å². The maximum Gasteiger partial charge on any atom is 0.199 e. The predicted molar refractivity (Wildman–Crippen MR) is 106 cm³/mol. The highest BCUT2D eigenvalue weighted by Crippen LogP contribution is 2.46. The zero-order valence-electron chi connectivity index (χ0n) is 14.8. The normalized spacial score (nSPS) is 18.3. The van der Waals surface area contributed by atoms with Gasteiger partial charge in [0.1, 0.15) is 5.75 Å². The van der Waals surface area contributed by atoms with Crippen LogP contribution in [-0.4, -0.2) is 17.9 Å². The number of hydrogen-bond donors (Lipinski definition) is 2. The fourth-order valence-electron chi connectivity index (χ4n) is 4.02. The van der Waals surface area contributed by atoms with Crippen molar-refractivity contribution < 1.29 is 9.53 Å². The number of fused-ring (bicyclic) bond motifs is 2. The van der Waals surface area contributed by atoms with Crippen LogP contribution in [0.4, 0.5) is 5.69 Å². The van der Waals surface area contributed by atoms with E-state index in [-0.39, 0.29) is 5.78 Å². The third-order valence-corrected chi connectivity index (χ3v) is 5.33. The highest BCUT2D eigenvalue weighted by Gasteiger charge is 2.49. The second kappa shape index (κ2) is 5.74. The summed E-state index contributed by atoms with van der Waals surface area (Å²) in [7, 11) is 1.65. The second-order valence-corrected chi connectivity index (χ2v) is 6.73. The number of benzene rings is 3. The lowest BCUT2D eigenvalue weighted by atomic mass is 9.79. The summed E-state index contributed by atoms with van der Waals surface area (Å²) < 4.78 is 5.42. The Hall–Kier alpha value is -3.53. The molecule has 2 heterocycles. The van der Waals surface area contributed by atoms with E-state index in [1.165, 1.54) is 0 Å². The van der Waals surface area contributed by atoms with Crippen molar-refractivity contribution in [2.75, 3.05) is 12.4 Å². The molecular weight excluding hydrogens is 336 g/mol. The number of carbonyl (C=O) groups excluding carboxylic acids is 1. The number of aromatic nitrogens is 1. The molecule has 1 aliphatic rings. The number of para-hydroxylation sites is 1. The van der Waals surface area contributed by atoms with E-state index in [0.717, 1.165) is 33.5 Å². The molecule has 0 amide bonds. The van der Waals surface area contributed by atoms with Crippen LogP contribution in [0.1, 0.15) is 21.5 Å². The Morgan fingerprint density at radius 2 is 1.70 bits per heavy atom. The molecule has 4 heteroatoms. The number of aromatic amines is 1. The molecule has 0 radical (unpaired) electrons. The molecular formula is C23H18N2O2. The van der Waals surface area contributed by atoms with E-state index in [1.807, 2.05) is 79.0 Å². The topological polar surface area (TPSA) is 54.1 Å². The minimum Gasteiger partial charge on any atom is -0.497 e. The molecule has 0 saturated heterocycles. The van der Waals surface area contributed by atoms with E-state index >= 15 is 0 Å². The zero-order chi connectivity index (χ0) is 18.4.